The van der Waals surface area contributed by atoms with Crippen molar-refractivity contribution in [1.82, 2.24) is 19.9 Å². The lowest BCUT2D eigenvalue weighted by Crippen LogP contribution is -2.51. The number of ether oxygens (including phenoxy) is 1. The highest BCUT2D eigenvalue weighted by molar-refractivity contribution is 5.92. The normalized spacial score (nSPS) is 16.9. The molecule has 170 valence electrons. The van der Waals surface area contributed by atoms with Crippen LogP contribution in [0.5, 0.6) is 5.75 Å². The highest BCUT2D eigenvalue weighted by atomic mass is 16.5. The van der Waals surface area contributed by atoms with Crippen molar-refractivity contribution in [3.05, 3.63) is 66.1 Å². The molecular weight excluding hydrogens is 416 g/mol. The standard InChI is InChI=1S/C25H28N6O2/c1-18-7-10-26-21(15-18)29-22-16-23(28-17-27-22)30-11-13-31(14-12-30)24(32)25(8-9-25)19-5-3-4-6-20(19)33-2/h3-7,10,15-17H,8-9,11-14H2,1-2H3,(H,26,27,28,29). The molecule has 33 heavy (non-hydrogen) atoms. The fraction of sp³-hybridized carbons (Fsp3) is 0.360. The number of hydrogen-bond acceptors (Lipinski definition) is 7. The number of benzene rings is 1. The number of para-hydroxylation sites is 1. The average molecular weight is 445 g/mol. The Morgan fingerprint density at radius 1 is 1.00 bits per heavy atom. The Bertz CT molecular complexity index is 1150. The van der Waals surface area contributed by atoms with Crippen LogP contribution in [0.15, 0.2) is 55.0 Å². The third kappa shape index (κ3) is 4.20. The minimum Gasteiger partial charge on any atom is -0.496 e. The topological polar surface area (TPSA) is 83.5 Å². The smallest absolute Gasteiger partial charge is 0.233 e. The number of piperazine rings is 1. The number of carbonyl (C=O) groups excluding carboxylic acids is 1. The van der Waals surface area contributed by atoms with Gasteiger partial charge in [0.25, 0.3) is 0 Å². The Kier molecular flexibility index (Phi) is 5.58. The lowest BCUT2D eigenvalue weighted by molar-refractivity contribution is -0.134. The molecule has 0 radical (unpaired) electrons. The van der Waals surface area contributed by atoms with Gasteiger partial charge in [0.15, 0.2) is 0 Å². The van der Waals surface area contributed by atoms with Crippen molar-refractivity contribution in [2.45, 2.75) is 25.2 Å². The summed E-state index contributed by atoms with van der Waals surface area (Å²) in [5, 5.41) is 3.24. The second-order valence-corrected chi connectivity index (χ2v) is 8.67. The highest BCUT2D eigenvalue weighted by Crippen LogP contribution is 2.52. The molecule has 2 aromatic heterocycles. The molecule has 0 bridgehead atoms. The van der Waals surface area contributed by atoms with Gasteiger partial charge in [-0.3, -0.25) is 4.79 Å². The van der Waals surface area contributed by atoms with E-state index in [1.54, 1.807) is 19.6 Å². The van der Waals surface area contributed by atoms with Crippen molar-refractivity contribution in [3.63, 3.8) is 0 Å². The Balaban J connectivity index is 1.25. The van der Waals surface area contributed by atoms with Crippen LogP contribution in [0.4, 0.5) is 17.5 Å². The second kappa shape index (κ2) is 8.69. The molecule has 8 nitrogen and oxygen atoms in total. The maximum atomic E-state index is 13.5. The zero-order valence-corrected chi connectivity index (χ0v) is 19.0. The summed E-state index contributed by atoms with van der Waals surface area (Å²) in [5.74, 6) is 3.30. The Hall–Kier alpha value is -3.68. The first-order valence-electron chi connectivity index (χ1n) is 11.3. The molecule has 5 rings (SSSR count). The van der Waals surface area contributed by atoms with Crippen LogP contribution in [0, 0.1) is 6.92 Å². The van der Waals surface area contributed by atoms with Crippen molar-refractivity contribution in [1.29, 1.82) is 0 Å². The van der Waals surface area contributed by atoms with Crippen LogP contribution >= 0.6 is 0 Å². The first kappa shape index (κ1) is 21.2. The van der Waals surface area contributed by atoms with Gasteiger partial charge in [-0.25, -0.2) is 15.0 Å². The first-order chi connectivity index (χ1) is 16.1. The van der Waals surface area contributed by atoms with E-state index in [9.17, 15) is 4.79 Å². The van der Waals surface area contributed by atoms with E-state index in [1.165, 1.54) is 0 Å². The molecular formula is C25H28N6O2. The van der Waals surface area contributed by atoms with E-state index < -0.39 is 5.41 Å². The van der Waals surface area contributed by atoms with E-state index in [1.807, 2.05) is 54.3 Å². The van der Waals surface area contributed by atoms with E-state index in [-0.39, 0.29) is 5.91 Å². The van der Waals surface area contributed by atoms with Gasteiger partial charge in [-0.15, -0.1) is 0 Å². The Morgan fingerprint density at radius 2 is 1.76 bits per heavy atom. The number of nitrogens with zero attached hydrogens (tertiary/aromatic N) is 5. The molecule has 2 fully saturated rings. The number of amides is 1. The van der Waals surface area contributed by atoms with Crippen molar-refractivity contribution in [3.8, 4) is 5.75 Å². The summed E-state index contributed by atoms with van der Waals surface area (Å²) in [6.45, 7) is 4.82. The van der Waals surface area contributed by atoms with Crippen LogP contribution < -0.4 is 15.0 Å². The van der Waals surface area contributed by atoms with Crippen LogP contribution in [0.3, 0.4) is 0 Å². The number of pyridine rings is 1. The number of aryl methyl sites for hydroxylation is 1. The molecule has 3 aromatic rings. The van der Waals surface area contributed by atoms with Crippen molar-refractivity contribution < 1.29 is 9.53 Å². The third-order valence-electron chi connectivity index (χ3n) is 6.50. The predicted molar refractivity (Wildman–Crippen MR) is 127 cm³/mol. The lowest BCUT2D eigenvalue weighted by Gasteiger charge is -2.37. The summed E-state index contributed by atoms with van der Waals surface area (Å²) in [6.07, 6.45) is 5.08. The van der Waals surface area contributed by atoms with E-state index >= 15 is 0 Å². The number of nitrogens with one attached hydrogen (secondary N) is 1. The summed E-state index contributed by atoms with van der Waals surface area (Å²) < 4.78 is 5.54. The Morgan fingerprint density at radius 3 is 2.48 bits per heavy atom. The molecule has 0 atom stereocenters. The van der Waals surface area contributed by atoms with Gasteiger partial charge in [-0.2, -0.15) is 0 Å². The largest absolute Gasteiger partial charge is 0.496 e. The van der Waals surface area contributed by atoms with Crippen LogP contribution in [0.1, 0.15) is 24.0 Å². The molecule has 1 N–H and O–H groups in total. The minimum atomic E-state index is -0.429. The molecule has 0 unspecified atom stereocenters. The van der Waals surface area contributed by atoms with Gasteiger partial charge in [-0.1, -0.05) is 18.2 Å². The molecule has 1 aromatic carbocycles. The monoisotopic (exact) mass is 444 g/mol. The molecule has 0 spiro atoms. The summed E-state index contributed by atoms with van der Waals surface area (Å²) >= 11 is 0. The third-order valence-corrected chi connectivity index (χ3v) is 6.50. The summed E-state index contributed by atoms with van der Waals surface area (Å²) in [4.78, 5) is 30.8. The predicted octanol–water partition coefficient (Wildman–Crippen LogP) is 3.31. The number of anilines is 3. The SMILES string of the molecule is COc1ccccc1C1(C(=O)N2CCN(c3cc(Nc4cc(C)ccn4)ncn3)CC2)CC1. The van der Waals surface area contributed by atoms with Crippen molar-refractivity contribution in [2.24, 2.45) is 0 Å². The summed E-state index contributed by atoms with van der Waals surface area (Å²) in [6, 6.07) is 13.8. The number of aromatic nitrogens is 3. The van der Waals surface area contributed by atoms with Crippen LogP contribution in [0.25, 0.3) is 0 Å². The molecule has 1 saturated carbocycles. The van der Waals surface area contributed by atoms with Gasteiger partial charge < -0.3 is 19.9 Å². The zero-order chi connectivity index (χ0) is 22.8. The highest BCUT2D eigenvalue weighted by Gasteiger charge is 2.54. The molecule has 2 aliphatic rings. The Labute approximate surface area is 193 Å². The number of carbonyl (C=O) groups is 1. The van der Waals surface area contributed by atoms with E-state index in [0.717, 1.165) is 54.4 Å². The molecule has 1 aliphatic heterocycles. The fourth-order valence-corrected chi connectivity index (χ4v) is 4.53. The first-order valence-corrected chi connectivity index (χ1v) is 11.3. The zero-order valence-electron chi connectivity index (χ0n) is 19.0. The van der Waals surface area contributed by atoms with Gasteiger partial charge in [0.05, 0.1) is 12.5 Å². The van der Waals surface area contributed by atoms with Gasteiger partial charge >= 0.3 is 0 Å². The second-order valence-electron chi connectivity index (χ2n) is 8.67. The molecule has 1 saturated heterocycles. The van der Waals surface area contributed by atoms with Gasteiger partial charge in [0.1, 0.15) is 29.5 Å². The van der Waals surface area contributed by atoms with Crippen LogP contribution in [0.2, 0.25) is 0 Å². The summed E-state index contributed by atoms with van der Waals surface area (Å²) in [7, 11) is 1.66. The maximum absolute atomic E-state index is 13.5. The van der Waals surface area contributed by atoms with Crippen molar-refractivity contribution in [2.75, 3.05) is 43.5 Å². The van der Waals surface area contributed by atoms with E-state index in [0.29, 0.717) is 18.9 Å². The number of methoxy groups -OCH3 is 1. The maximum Gasteiger partial charge on any atom is 0.233 e. The lowest BCUT2D eigenvalue weighted by atomic mass is 9.93. The molecule has 3 heterocycles. The average Bonchev–Trinajstić information content (AvgIpc) is 3.66. The molecule has 8 heteroatoms. The number of hydrogen-bond donors (Lipinski definition) is 1. The minimum absolute atomic E-state index is 0.210. The van der Waals surface area contributed by atoms with Gasteiger partial charge in [-0.05, 0) is 43.5 Å². The molecule has 1 amide bonds. The van der Waals surface area contributed by atoms with Crippen LogP contribution in [-0.2, 0) is 10.2 Å². The van der Waals surface area contributed by atoms with Crippen molar-refractivity contribution >= 4 is 23.4 Å². The van der Waals surface area contributed by atoms with Gasteiger partial charge in [0.2, 0.25) is 5.91 Å². The fourth-order valence-electron chi connectivity index (χ4n) is 4.53. The molecule has 1 aliphatic carbocycles. The quantitative estimate of drug-likeness (QED) is 0.624. The van der Waals surface area contributed by atoms with E-state index in [4.69, 9.17) is 4.74 Å². The van der Waals surface area contributed by atoms with E-state index in [2.05, 4.69) is 25.2 Å². The van der Waals surface area contributed by atoms with Crippen LogP contribution in [-0.4, -0.2) is 59.0 Å². The van der Waals surface area contributed by atoms with Gasteiger partial charge in [0, 0.05) is 44.0 Å². The summed E-state index contributed by atoms with van der Waals surface area (Å²) in [5.41, 5.74) is 1.71. The number of rotatable bonds is 6.